The van der Waals surface area contributed by atoms with Gasteiger partial charge in [-0.2, -0.15) is 0 Å². The predicted molar refractivity (Wildman–Crippen MR) is 83.9 cm³/mol. The Hall–Kier alpha value is -1.63. The summed E-state index contributed by atoms with van der Waals surface area (Å²) in [6, 6.07) is -1.08. The summed E-state index contributed by atoms with van der Waals surface area (Å²) in [4.78, 5) is 37.8. The van der Waals surface area contributed by atoms with E-state index in [2.05, 4.69) is 10.6 Å². The van der Waals surface area contributed by atoms with Gasteiger partial charge in [0.1, 0.15) is 12.1 Å². The maximum atomic E-state index is 12.5. The SMILES string of the molecule is CCNC(=O)C(CC(C)C)NC(=O)C1CCCN1C(=O)CN. The Kier molecular flexibility index (Phi) is 7.31. The number of likely N-dealkylation sites (N-methyl/N-ethyl adjacent to an activating group) is 1. The van der Waals surface area contributed by atoms with Crippen LogP contribution in [0.3, 0.4) is 0 Å². The topological polar surface area (TPSA) is 105 Å². The lowest BCUT2D eigenvalue weighted by Crippen LogP contribution is -2.54. The number of amides is 3. The first-order valence-corrected chi connectivity index (χ1v) is 7.98. The van der Waals surface area contributed by atoms with Gasteiger partial charge in [-0.25, -0.2) is 0 Å². The molecule has 0 saturated carbocycles. The molecule has 1 aliphatic rings. The second-order valence-electron chi connectivity index (χ2n) is 6.03. The van der Waals surface area contributed by atoms with E-state index in [4.69, 9.17) is 5.73 Å². The summed E-state index contributed by atoms with van der Waals surface area (Å²) in [5, 5.41) is 5.54. The van der Waals surface area contributed by atoms with Crippen LogP contribution in [-0.2, 0) is 14.4 Å². The zero-order chi connectivity index (χ0) is 16.7. The average Bonchev–Trinajstić information content (AvgIpc) is 2.94. The highest BCUT2D eigenvalue weighted by molar-refractivity contribution is 5.92. The summed E-state index contributed by atoms with van der Waals surface area (Å²) >= 11 is 0. The van der Waals surface area contributed by atoms with Gasteiger partial charge in [0.05, 0.1) is 6.54 Å². The molecule has 0 aromatic heterocycles. The first-order chi connectivity index (χ1) is 10.4. The molecule has 1 fully saturated rings. The van der Waals surface area contributed by atoms with Gasteiger partial charge in [-0.3, -0.25) is 14.4 Å². The number of nitrogens with zero attached hydrogens (tertiary/aromatic N) is 1. The molecule has 0 aromatic carbocycles. The fourth-order valence-electron chi connectivity index (χ4n) is 2.72. The quantitative estimate of drug-likeness (QED) is 0.595. The summed E-state index contributed by atoms with van der Waals surface area (Å²) in [6.07, 6.45) is 1.95. The van der Waals surface area contributed by atoms with Crippen molar-refractivity contribution in [2.75, 3.05) is 19.6 Å². The Balaban J connectivity index is 2.72. The van der Waals surface area contributed by atoms with Crippen LogP contribution in [0.15, 0.2) is 0 Å². The Morgan fingerprint density at radius 2 is 2.00 bits per heavy atom. The van der Waals surface area contributed by atoms with E-state index >= 15 is 0 Å². The van der Waals surface area contributed by atoms with Crippen molar-refractivity contribution in [3.63, 3.8) is 0 Å². The fraction of sp³-hybridized carbons (Fsp3) is 0.800. The second-order valence-corrected chi connectivity index (χ2v) is 6.03. The van der Waals surface area contributed by atoms with Gasteiger partial charge in [0.15, 0.2) is 0 Å². The van der Waals surface area contributed by atoms with Crippen molar-refractivity contribution in [2.24, 2.45) is 11.7 Å². The molecule has 126 valence electrons. The van der Waals surface area contributed by atoms with Crippen molar-refractivity contribution in [1.82, 2.24) is 15.5 Å². The van der Waals surface area contributed by atoms with Gasteiger partial charge in [0, 0.05) is 13.1 Å². The summed E-state index contributed by atoms with van der Waals surface area (Å²) in [5.41, 5.74) is 5.38. The molecule has 3 amide bonds. The van der Waals surface area contributed by atoms with Crippen LogP contribution in [-0.4, -0.2) is 54.3 Å². The lowest BCUT2D eigenvalue weighted by atomic mass is 10.0. The Morgan fingerprint density at radius 3 is 2.55 bits per heavy atom. The van der Waals surface area contributed by atoms with Crippen LogP contribution in [0.4, 0.5) is 0 Å². The highest BCUT2D eigenvalue weighted by Crippen LogP contribution is 2.18. The van der Waals surface area contributed by atoms with Crippen LogP contribution in [0.5, 0.6) is 0 Å². The maximum Gasteiger partial charge on any atom is 0.243 e. The van der Waals surface area contributed by atoms with E-state index in [9.17, 15) is 14.4 Å². The molecule has 0 bridgehead atoms. The number of nitrogens with two attached hydrogens (primary N) is 1. The number of carbonyl (C=O) groups excluding carboxylic acids is 3. The van der Waals surface area contributed by atoms with E-state index < -0.39 is 12.1 Å². The van der Waals surface area contributed by atoms with Gasteiger partial charge in [0.25, 0.3) is 0 Å². The average molecular weight is 312 g/mol. The van der Waals surface area contributed by atoms with Gasteiger partial charge < -0.3 is 21.3 Å². The van der Waals surface area contributed by atoms with E-state index in [1.54, 1.807) is 0 Å². The van der Waals surface area contributed by atoms with Gasteiger partial charge in [-0.15, -0.1) is 0 Å². The standard InChI is InChI=1S/C15H28N4O3/c1-4-17-14(21)11(8-10(2)3)18-15(22)12-6-5-7-19(12)13(20)9-16/h10-12H,4-9,16H2,1-3H3,(H,17,21)(H,18,22). The Morgan fingerprint density at radius 1 is 1.32 bits per heavy atom. The molecule has 7 heteroatoms. The van der Waals surface area contributed by atoms with E-state index in [0.717, 1.165) is 6.42 Å². The molecular formula is C15H28N4O3. The number of hydrogen-bond donors (Lipinski definition) is 3. The van der Waals surface area contributed by atoms with Gasteiger partial charge >= 0.3 is 0 Å². The molecule has 1 aliphatic heterocycles. The normalized spacial score (nSPS) is 19.1. The number of hydrogen-bond acceptors (Lipinski definition) is 4. The van der Waals surface area contributed by atoms with Crippen LogP contribution in [0.2, 0.25) is 0 Å². The molecule has 1 rings (SSSR count). The highest BCUT2D eigenvalue weighted by Gasteiger charge is 2.35. The molecule has 0 aromatic rings. The van der Waals surface area contributed by atoms with Crippen molar-refractivity contribution in [3.05, 3.63) is 0 Å². The van der Waals surface area contributed by atoms with Gasteiger partial charge in [-0.05, 0) is 32.1 Å². The van der Waals surface area contributed by atoms with E-state index in [0.29, 0.717) is 25.9 Å². The first-order valence-electron chi connectivity index (χ1n) is 7.98. The van der Waals surface area contributed by atoms with Crippen molar-refractivity contribution in [1.29, 1.82) is 0 Å². The second kappa shape index (κ2) is 8.73. The summed E-state index contributed by atoms with van der Waals surface area (Å²) < 4.78 is 0. The lowest BCUT2D eigenvalue weighted by molar-refractivity contribution is -0.138. The minimum absolute atomic E-state index is 0.102. The molecule has 2 unspecified atom stereocenters. The Labute approximate surface area is 132 Å². The molecule has 0 radical (unpaired) electrons. The van der Waals surface area contributed by atoms with Crippen LogP contribution in [0.1, 0.15) is 40.0 Å². The Bertz CT molecular complexity index is 412. The van der Waals surface area contributed by atoms with Crippen LogP contribution < -0.4 is 16.4 Å². The fourth-order valence-corrected chi connectivity index (χ4v) is 2.72. The minimum Gasteiger partial charge on any atom is -0.355 e. The van der Waals surface area contributed by atoms with Crippen LogP contribution >= 0.6 is 0 Å². The molecule has 4 N–H and O–H groups in total. The third-order valence-corrected chi connectivity index (χ3v) is 3.74. The third kappa shape index (κ3) is 4.98. The lowest BCUT2D eigenvalue weighted by Gasteiger charge is -2.26. The van der Waals surface area contributed by atoms with Crippen molar-refractivity contribution in [3.8, 4) is 0 Å². The molecule has 0 aliphatic carbocycles. The predicted octanol–water partition coefficient (Wildman–Crippen LogP) is -0.397. The monoisotopic (exact) mass is 312 g/mol. The van der Waals surface area contributed by atoms with Crippen molar-refractivity contribution in [2.45, 2.75) is 52.1 Å². The highest BCUT2D eigenvalue weighted by atomic mass is 16.2. The number of nitrogens with one attached hydrogen (secondary N) is 2. The van der Waals surface area contributed by atoms with E-state index in [-0.39, 0.29) is 30.2 Å². The van der Waals surface area contributed by atoms with Crippen molar-refractivity contribution >= 4 is 17.7 Å². The minimum atomic E-state index is -0.567. The third-order valence-electron chi connectivity index (χ3n) is 3.74. The number of rotatable bonds is 7. The van der Waals surface area contributed by atoms with Crippen LogP contribution in [0, 0.1) is 5.92 Å². The maximum absolute atomic E-state index is 12.5. The summed E-state index contributed by atoms with van der Waals surface area (Å²) in [5.74, 6) is -0.398. The van der Waals surface area contributed by atoms with Gasteiger partial charge in [0.2, 0.25) is 17.7 Å². The molecular weight excluding hydrogens is 284 g/mol. The molecule has 7 nitrogen and oxygen atoms in total. The smallest absolute Gasteiger partial charge is 0.243 e. The largest absolute Gasteiger partial charge is 0.355 e. The first kappa shape index (κ1) is 18.4. The molecule has 22 heavy (non-hydrogen) atoms. The van der Waals surface area contributed by atoms with Crippen LogP contribution in [0.25, 0.3) is 0 Å². The summed E-state index contributed by atoms with van der Waals surface area (Å²) in [7, 11) is 0. The van der Waals surface area contributed by atoms with Crippen molar-refractivity contribution < 1.29 is 14.4 Å². The van der Waals surface area contributed by atoms with E-state index in [1.807, 2.05) is 20.8 Å². The molecule has 1 heterocycles. The van der Waals surface area contributed by atoms with E-state index in [1.165, 1.54) is 4.90 Å². The molecule has 0 spiro atoms. The molecule has 2 atom stereocenters. The number of carbonyl (C=O) groups is 3. The molecule has 1 saturated heterocycles. The zero-order valence-electron chi connectivity index (χ0n) is 13.7. The number of likely N-dealkylation sites (tertiary alicyclic amines) is 1. The zero-order valence-corrected chi connectivity index (χ0v) is 13.7. The summed E-state index contributed by atoms with van der Waals surface area (Å²) in [6.45, 7) is 6.80. The van der Waals surface area contributed by atoms with Gasteiger partial charge in [-0.1, -0.05) is 13.8 Å².